The third-order valence-electron chi connectivity index (χ3n) is 3.90. The van der Waals surface area contributed by atoms with Crippen LogP contribution in [0.3, 0.4) is 0 Å². The molecule has 6 heteroatoms. The summed E-state index contributed by atoms with van der Waals surface area (Å²) in [4.78, 5) is 0.0544. The van der Waals surface area contributed by atoms with Gasteiger partial charge in [0.1, 0.15) is 0 Å². The number of benzene rings is 1. The van der Waals surface area contributed by atoms with E-state index in [1.165, 1.54) is 18.2 Å². The molecule has 5 nitrogen and oxygen atoms in total. The number of nitrogens with one attached hydrogen (secondary N) is 1. The van der Waals surface area contributed by atoms with Gasteiger partial charge >= 0.3 is 0 Å². The van der Waals surface area contributed by atoms with Crippen molar-refractivity contribution in [2.75, 3.05) is 6.54 Å². The van der Waals surface area contributed by atoms with Crippen LogP contribution in [0, 0.1) is 11.3 Å². The largest absolute Gasteiger partial charge is 0.389 e. The topological polar surface area (TPSA) is 90.2 Å². The van der Waals surface area contributed by atoms with Crippen molar-refractivity contribution in [3.8, 4) is 6.07 Å². The van der Waals surface area contributed by atoms with Crippen LogP contribution in [-0.4, -0.2) is 25.7 Å². The number of aliphatic hydroxyl groups is 1. The lowest BCUT2D eigenvalue weighted by Crippen LogP contribution is -2.42. The molecule has 1 aliphatic carbocycles. The summed E-state index contributed by atoms with van der Waals surface area (Å²) in [5, 5.41) is 19.3. The molecule has 0 heterocycles. The van der Waals surface area contributed by atoms with E-state index in [9.17, 15) is 13.5 Å². The Hall–Kier alpha value is -1.42. The molecule has 21 heavy (non-hydrogen) atoms. The van der Waals surface area contributed by atoms with Crippen molar-refractivity contribution in [1.82, 2.24) is 4.72 Å². The maximum absolute atomic E-state index is 12.2. The van der Waals surface area contributed by atoms with Crippen molar-refractivity contribution in [2.24, 2.45) is 0 Å². The molecule has 1 aliphatic rings. The van der Waals surface area contributed by atoms with Gasteiger partial charge in [0, 0.05) is 6.54 Å². The molecule has 2 rings (SSSR count). The molecule has 0 spiro atoms. The maximum atomic E-state index is 12.2. The van der Waals surface area contributed by atoms with Gasteiger partial charge in [-0.2, -0.15) is 5.26 Å². The standard InChI is InChI=1S/C15H20N2O3S/c16-11-13-6-5-7-14(10-13)21(19,20)17-12-15(18)8-3-1-2-4-9-15/h5-7,10,17-18H,1-4,8-9,12H2. The van der Waals surface area contributed by atoms with Gasteiger partial charge < -0.3 is 5.11 Å². The quantitative estimate of drug-likeness (QED) is 0.832. The van der Waals surface area contributed by atoms with Crippen molar-refractivity contribution >= 4 is 10.0 Å². The van der Waals surface area contributed by atoms with Crippen LogP contribution >= 0.6 is 0 Å². The number of nitriles is 1. The molecule has 0 aliphatic heterocycles. The number of sulfonamides is 1. The molecular formula is C15H20N2O3S. The number of hydrogen-bond donors (Lipinski definition) is 2. The van der Waals surface area contributed by atoms with Crippen LogP contribution in [0.2, 0.25) is 0 Å². The van der Waals surface area contributed by atoms with E-state index in [-0.39, 0.29) is 11.4 Å². The Labute approximate surface area is 125 Å². The molecule has 0 unspecified atom stereocenters. The average molecular weight is 308 g/mol. The van der Waals surface area contributed by atoms with Crippen LogP contribution < -0.4 is 4.72 Å². The highest BCUT2D eigenvalue weighted by atomic mass is 32.2. The SMILES string of the molecule is N#Cc1cccc(S(=O)(=O)NCC2(O)CCCCCC2)c1. The predicted molar refractivity (Wildman–Crippen MR) is 79.0 cm³/mol. The molecule has 0 saturated heterocycles. The molecule has 1 aromatic rings. The summed E-state index contributed by atoms with van der Waals surface area (Å²) in [6.07, 6.45) is 5.24. The molecule has 0 atom stereocenters. The predicted octanol–water partition coefficient (Wildman–Crippen LogP) is 1.92. The average Bonchev–Trinajstić information content (AvgIpc) is 2.71. The zero-order valence-electron chi connectivity index (χ0n) is 11.9. The first kappa shape index (κ1) is 16.0. The Morgan fingerprint density at radius 1 is 1.24 bits per heavy atom. The maximum Gasteiger partial charge on any atom is 0.240 e. The van der Waals surface area contributed by atoms with Gasteiger partial charge in [-0.25, -0.2) is 13.1 Å². The molecule has 1 aromatic carbocycles. The fourth-order valence-corrected chi connectivity index (χ4v) is 3.77. The minimum Gasteiger partial charge on any atom is -0.389 e. The Morgan fingerprint density at radius 3 is 2.52 bits per heavy atom. The molecule has 0 amide bonds. The first-order valence-corrected chi connectivity index (χ1v) is 8.66. The van der Waals surface area contributed by atoms with E-state index in [1.807, 2.05) is 6.07 Å². The summed E-state index contributed by atoms with van der Waals surface area (Å²) < 4.78 is 27.0. The second kappa shape index (κ2) is 6.56. The van der Waals surface area contributed by atoms with Crippen molar-refractivity contribution in [2.45, 2.75) is 49.0 Å². The van der Waals surface area contributed by atoms with Crippen LogP contribution in [-0.2, 0) is 10.0 Å². The zero-order chi connectivity index (χ0) is 15.3. The minimum absolute atomic E-state index is 0.0200. The molecule has 114 valence electrons. The summed E-state index contributed by atoms with van der Waals surface area (Å²) in [6.45, 7) is 0.0200. The highest BCUT2D eigenvalue weighted by Gasteiger charge is 2.29. The van der Waals surface area contributed by atoms with Gasteiger partial charge in [0.2, 0.25) is 10.0 Å². The van der Waals surface area contributed by atoms with Crippen molar-refractivity contribution in [3.63, 3.8) is 0 Å². The number of hydrogen-bond acceptors (Lipinski definition) is 4. The van der Waals surface area contributed by atoms with Crippen molar-refractivity contribution in [1.29, 1.82) is 5.26 Å². The summed E-state index contributed by atoms with van der Waals surface area (Å²) in [5.41, 5.74) is -0.665. The van der Waals surface area contributed by atoms with E-state index in [0.29, 0.717) is 18.4 Å². The van der Waals surface area contributed by atoms with Crippen molar-refractivity contribution < 1.29 is 13.5 Å². The molecular weight excluding hydrogens is 288 g/mol. The summed E-state index contributed by atoms with van der Waals surface area (Å²) in [5.74, 6) is 0. The van der Waals surface area contributed by atoms with Gasteiger partial charge in [-0.1, -0.05) is 31.7 Å². The monoisotopic (exact) mass is 308 g/mol. The highest BCUT2D eigenvalue weighted by Crippen LogP contribution is 2.26. The fourth-order valence-electron chi connectivity index (χ4n) is 2.61. The van der Waals surface area contributed by atoms with Gasteiger partial charge in [-0.15, -0.1) is 0 Å². The van der Waals surface area contributed by atoms with Gasteiger partial charge in [0.05, 0.1) is 22.1 Å². The van der Waals surface area contributed by atoms with Gasteiger partial charge in [-0.05, 0) is 31.0 Å². The molecule has 0 radical (unpaired) electrons. The zero-order valence-corrected chi connectivity index (χ0v) is 12.7. The Morgan fingerprint density at radius 2 is 1.90 bits per heavy atom. The van der Waals surface area contributed by atoms with E-state index >= 15 is 0 Å². The lowest BCUT2D eigenvalue weighted by Gasteiger charge is -2.26. The van der Waals surface area contributed by atoms with Crippen LogP contribution in [0.4, 0.5) is 0 Å². The van der Waals surface area contributed by atoms with E-state index in [1.54, 1.807) is 6.07 Å². The molecule has 1 fully saturated rings. The Kier molecular flexibility index (Phi) is 4.99. The Balaban J connectivity index is 2.08. The third kappa shape index (κ3) is 4.27. The third-order valence-corrected chi connectivity index (χ3v) is 5.30. The smallest absolute Gasteiger partial charge is 0.240 e. The number of rotatable bonds is 4. The number of nitrogens with zero attached hydrogens (tertiary/aromatic N) is 1. The van der Waals surface area contributed by atoms with Gasteiger partial charge in [0.15, 0.2) is 0 Å². The first-order chi connectivity index (χ1) is 9.95. The fraction of sp³-hybridized carbons (Fsp3) is 0.533. The lowest BCUT2D eigenvalue weighted by molar-refractivity contribution is 0.0303. The molecule has 0 aromatic heterocycles. The normalized spacial score (nSPS) is 18.7. The van der Waals surface area contributed by atoms with Crippen molar-refractivity contribution in [3.05, 3.63) is 29.8 Å². The lowest BCUT2D eigenvalue weighted by atomic mass is 9.95. The molecule has 2 N–H and O–H groups in total. The summed E-state index contributed by atoms with van der Waals surface area (Å²) in [7, 11) is -3.70. The van der Waals surface area contributed by atoms with Gasteiger partial charge in [-0.3, -0.25) is 0 Å². The second-order valence-corrected chi connectivity index (χ2v) is 7.37. The second-order valence-electron chi connectivity index (χ2n) is 5.60. The Bertz CT molecular complexity index is 627. The molecule has 0 bridgehead atoms. The van der Waals surface area contributed by atoms with E-state index in [0.717, 1.165) is 25.7 Å². The van der Waals surface area contributed by atoms with E-state index in [4.69, 9.17) is 5.26 Å². The minimum atomic E-state index is -3.70. The van der Waals surface area contributed by atoms with Crippen LogP contribution in [0.25, 0.3) is 0 Å². The van der Waals surface area contributed by atoms with Crippen LogP contribution in [0.1, 0.15) is 44.1 Å². The van der Waals surface area contributed by atoms with E-state index in [2.05, 4.69) is 4.72 Å². The highest BCUT2D eigenvalue weighted by molar-refractivity contribution is 7.89. The van der Waals surface area contributed by atoms with E-state index < -0.39 is 15.6 Å². The van der Waals surface area contributed by atoms with Crippen LogP contribution in [0.5, 0.6) is 0 Å². The first-order valence-electron chi connectivity index (χ1n) is 7.17. The molecule has 1 saturated carbocycles. The van der Waals surface area contributed by atoms with Crippen LogP contribution in [0.15, 0.2) is 29.2 Å². The summed E-state index contributed by atoms with van der Waals surface area (Å²) >= 11 is 0. The summed E-state index contributed by atoms with van der Waals surface area (Å²) in [6, 6.07) is 7.79. The van der Waals surface area contributed by atoms with Gasteiger partial charge in [0.25, 0.3) is 0 Å².